The summed E-state index contributed by atoms with van der Waals surface area (Å²) >= 11 is 0. The highest BCUT2D eigenvalue weighted by atomic mass is 16.5. The Bertz CT molecular complexity index is 855. The zero-order valence-corrected chi connectivity index (χ0v) is 13.7. The van der Waals surface area contributed by atoms with E-state index in [1.54, 1.807) is 12.4 Å². The summed E-state index contributed by atoms with van der Waals surface area (Å²) in [5.41, 5.74) is 2.20. The SMILES string of the molecule is O=C(OCCc1cccnc1)c1nc(-c2ccccc2)oc1C1CC1. The highest BCUT2D eigenvalue weighted by molar-refractivity contribution is 5.89. The lowest BCUT2D eigenvalue weighted by Crippen LogP contribution is -2.10. The Kier molecular flexibility index (Phi) is 4.29. The minimum atomic E-state index is -0.420. The van der Waals surface area contributed by atoms with E-state index in [-0.39, 0.29) is 5.92 Å². The third-order valence-electron chi connectivity index (χ3n) is 4.16. The Hall–Kier alpha value is -2.95. The van der Waals surface area contributed by atoms with Crippen molar-refractivity contribution < 1.29 is 13.9 Å². The van der Waals surface area contributed by atoms with E-state index in [0.717, 1.165) is 24.0 Å². The maximum absolute atomic E-state index is 12.5. The molecular weight excluding hydrogens is 316 g/mol. The molecule has 0 bridgehead atoms. The van der Waals surface area contributed by atoms with Crippen LogP contribution < -0.4 is 0 Å². The molecule has 1 aliphatic carbocycles. The molecule has 4 rings (SSSR count). The van der Waals surface area contributed by atoms with Gasteiger partial charge in [-0.2, -0.15) is 0 Å². The second-order valence-electron chi connectivity index (χ2n) is 6.12. The van der Waals surface area contributed by atoms with E-state index < -0.39 is 5.97 Å². The van der Waals surface area contributed by atoms with Crippen molar-refractivity contribution in [3.05, 3.63) is 71.9 Å². The number of benzene rings is 1. The highest BCUT2D eigenvalue weighted by Gasteiger charge is 2.34. The molecule has 1 saturated carbocycles. The lowest BCUT2D eigenvalue weighted by atomic mass is 10.2. The average Bonchev–Trinajstić information content (AvgIpc) is 3.41. The number of rotatable bonds is 6. The van der Waals surface area contributed by atoms with E-state index in [2.05, 4.69) is 9.97 Å². The first-order valence-electron chi connectivity index (χ1n) is 8.43. The van der Waals surface area contributed by atoms with Crippen molar-refractivity contribution in [1.82, 2.24) is 9.97 Å². The van der Waals surface area contributed by atoms with E-state index in [9.17, 15) is 4.79 Å². The number of esters is 1. The molecule has 0 aliphatic heterocycles. The summed E-state index contributed by atoms with van der Waals surface area (Å²) in [6.07, 6.45) is 6.17. The summed E-state index contributed by atoms with van der Waals surface area (Å²) in [4.78, 5) is 20.9. The molecule has 0 atom stereocenters. The number of pyridine rings is 1. The van der Waals surface area contributed by atoms with Gasteiger partial charge in [0.05, 0.1) is 6.61 Å². The summed E-state index contributed by atoms with van der Waals surface area (Å²) in [6, 6.07) is 13.4. The normalized spacial score (nSPS) is 13.6. The fraction of sp³-hybridized carbons (Fsp3) is 0.250. The van der Waals surface area contributed by atoms with Gasteiger partial charge < -0.3 is 9.15 Å². The number of oxazole rings is 1. The standard InChI is InChI=1S/C20H18N2O3/c23-20(24-12-10-14-5-4-11-21-13-14)17-18(15-8-9-15)25-19(22-17)16-6-2-1-3-7-16/h1-7,11,13,15H,8-10,12H2. The number of hydrogen-bond acceptors (Lipinski definition) is 5. The van der Waals surface area contributed by atoms with Crippen molar-refractivity contribution in [2.24, 2.45) is 0 Å². The second kappa shape index (κ2) is 6.89. The van der Waals surface area contributed by atoms with Crippen LogP contribution in [0.1, 0.15) is 40.6 Å². The number of carbonyl (C=O) groups excluding carboxylic acids is 1. The second-order valence-corrected chi connectivity index (χ2v) is 6.12. The molecule has 2 heterocycles. The number of ether oxygens (including phenoxy) is 1. The third kappa shape index (κ3) is 3.60. The van der Waals surface area contributed by atoms with E-state index in [4.69, 9.17) is 9.15 Å². The van der Waals surface area contributed by atoms with Gasteiger partial charge in [-0.05, 0) is 36.6 Å². The van der Waals surface area contributed by atoms with Gasteiger partial charge in [-0.15, -0.1) is 0 Å². The average molecular weight is 334 g/mol. The van der Waals surface area contributed by atoms with Crippen LogP contribution in [0.25, 0.3) is 11.5 Å². The van der Waals surface area contributed by atoms with Crippen LogP contribution in [0.5, 0.6) is 0 Å². The Morgan fingerprint density at radius 1 is 1.16 bits per heavy atom. The molecule has 0 amide bonds. The monoisotopic (exact) mass is 334 g/mol. The number of carbonyl (C=O) groups is 1. The Morgan fingerprint density at radius 3 is 2.72 bits per heavy atom. The van der Waals surface area contributed by atoms with Gasteiger partial charge in [0.1, 0.15) is 5.76 Å². The van der Waals surface area contributed by atoms with Crippen LogP contribution in [0.4, 0.5) is 0 Å². The lowest BCUT2D eigenvalue weighted by Gasteiger charge is -2.03. The Labute approximate surface area is 145 Å². The summed E-state index contributed by atoms with van der Waals surface area (Å²) in [5, 5.41) is 0. The van der Waals surface area contributed by atoms with Crippen molar-refractivity contribution in [2.75, 3.05) is 6.61 Å². The molecule has 0 N–H and O–H groups in total. The summed E-state index contributed by atoms with van der Waals surface area (Å²) in [7, 11) is 0. The van der Waals surface area contributed by atoms with Gasteiger partial charge in [0.2, 0.25) is 5.89 Å². The van der Waals surface area contributed by atoms with Crippen LogP contribution in [-0.4, -0.2) is 22.5 Å². The fourth-order valence-electron chi connectivity index (χ4n) is 2.68. The molecule has 5 heteroatoms. The van der Waals surface area contributed by atoms with E-state index in [1.807, 2.05) is 42.5 Å². The van der Waals surface area contributed by atoms with Crippen LogP contribution in [0.3, 0.4) is 0 Å². The summed E-state index contributed by atoms with van der Waals surface area (Å²) in [6.45, 7) is 0.294. The molecule has 3 aromatic rings. The van der Waals surface area contributed by atoms with Crippen molar-refractivity contribution >= 4 is 5.97 Å². The molecule has 5 nitrogen and oxygen atoms in total. The van der Waals surface area contributed by atoms with Crippen LogP contribution in [0.2, 0.25) is 0 Å². The Balaban J connectivity index is 1.48. The van der Waals surface area contributed by atoms with Gasteiger partial charge in [0, 0.05) is 30.3 Å². The van der Waals surface area contributed by atoms with Crippen molar-refractivity contribution in [3.63, 3.8) is 0 Å². The van der Waals surface area contributed by atoms with Crippen molar-refractivity contribution in [1.29, 1.82) is 0 Å². The first-order chi connectivity index (χ1) is 12.3. The highest BCUT2D eigenvalue weighted by Crippen LogP contribution is 2.43. The summed E-state index contributed by atoms with van der Waals surface area (Å²) in [5.74, 6) is 0.995. The largest absolute Gasteiger partial charge is 0.461 e. The van der Waals surface area contributed by atoms with Crippen molar-refractivity contribution in [3.8, 4) is 11.5 Å². The molecule has 1 aromatic carbocycles. The molecule has 0 saturated heterocycles. The number of aromatic nitrogens is 2. The first-order valence-corrected chi connectivity index (χ1v) is 8.43. The predicted octanol–water partition coefficient (Wildman–Crippen LogP) is 4.01. The molecule has 0 spiro atoms. The van der Waals surface area contributed by atoms with Gasteiger partial charge >= 0.3 is 5.97 Å². The van der Waals surface area contributed by atoms with Crippen LogP contribution in [0, 0.1) is 0 Å². The van der Waals surface area contributed by atoms with Gasteiger partial charge in [-0.1, -0.05) is 24.3 Å². The van der Waals surface area contributed by atoms with Crippen molar-refractivity contribution in [2.45, 2.75) is 25.2 Å². The molecule has 0 unspecified atom stereocenters. The quantitative estimate of drug-likeness (QED) is 0.637. The van der Waals surface area contributed by atoms with Crippen LogP contribution >= 0.6 is 0 Å². The van der Waals surface area contributed by atoms with E-state index in [0.29, 0.717) is 30.4 Å². The molecular formula is C20H18N2O3. The molecule has 1 fully saturated rings. The van der Waals surface area contributed by atoms with E-state index in [1.165, 1.54) is 0 Å². The maximum atomic E-state index is 12.5. The topological polar surface area (TPSA) is 65.2 Å². The molecule has 2 aromatic heterocycles. The molecule has 25 heavy (non-hydrogen) atoms. The zero-order chi connectivity index (χ0) is 17.1. The fourth-order valence-corrected chi connectivity index (χ4v) is 2.68. The predicted molar refractivity (Wildman–Crippen MR) is 92.1 cm³/mol. The smallest absolute Gasteiger partial charge is 0.360 e. The van der Waals surface area contributed by atoms with Gasteiger partial charge in [0.25, 0.3) is 0 Å². The number of nitrogens with zero attached hydrogens (tertiary/aromatic N) is 2. The minimum absolute atomic E-state index is 0.283. The maximum Gasteiger partial charge on any atom is 0.360 e. The van der Waals surface area contributed by atoms with Crippen LogP contribution in [0.15, 0.2) is 59.3 Å². The van der Waals surface area contributed by atoms with Crippen LogP contribution in [-0.2, 0) is 11.2 Å². The Morgan fingerprint density at radius 2 is 2.00 bits per heavy atom. The minimum Gasteiger partial charge on any atom is -0.461 e. The van der Waals surface area contributed by atoms with E-state index >= 15 is 0 Å². The molecule has 126 valence electrons. The third-order valence-corrected chi connectivity index (χ3v) is 4.16. The molecule has 0 radical (unpaired) electrons. The lowest BCUT2D eigenvalue weighted by molar-refractivity contribution is 0.0500. The van der Waals surface area contributed by atoms with Gasteiger partial charge in [-0.3, -0.25) is 4.98 Å². The zero-order valence-electron chi connectivity index (χ0n) is 13.7. The summed E-state index contributed by atoms with van der Waals surface area (Å²) < 4.78 is 11.3. The van der Waals surface area contributed by atoms with Gasteiger partial charge in [-0.25, -0.2) is 9.78 Å². The van der Waals surface area contributed by atoms with Gasteiger partial charge in [0.15, 0.2) is 5.69 Å². The number of hydrogen-bond donors (Lipinski definition) is 0. The first kappa shape index (κ1) is 15.6. The molecule has 1 aliphatic rings.